The summed E-state index contributed by atoms with van der Waals surface area (Å²) in [6.07, 6.45) is 4.43. The fourth-order valence-corrected chi connectivity index (χ4v) is 4.58. The average molecular weight is 425 g/mol. The molecule has 1 heterocycles. The van der Waals surface area contributed by atoms with Crippen LogP contribution < -0.4 is 5.32 Å². The second-order valence-corrected chi connectivity index (χ2v) is 8.92. The van der Waals surface area contributed by atoms with Crippen molar-refractivity contribution in [2.75, 3.05) is 0 Å². The van der Waals surface area contributed by atoms with Gasteiger partial charge in [-0.2, -0.15) is 0 Å². The zero-order valence-electron chi connectivity index (χ0n) is 16.9. The molecule has 0 spiro atoms. The molecule has 1 amide bonds. The zero-order valence-corrected chi connectivity index (χ0v) is 17.7. The number of aromatic nitrogens is 3. The Balaban J connectivity index is 1.60. The molecule has 4 rings (SSSR count). The summed E-state index contributed by atoms with van der Waals surface area (Å²) in [5.41, 5.74) is 1.45. The summed E-state index contributed by atoms with van der Waals surface area (Å²) in [6.45, 7) is 2.37. The minimum Gasteiger partial charge on any atom is -0.352 e. The van der Waals surface area contributed by atoms with Crippen molar-refractivity contribution in [1.29, 1.82) is 0 Å². The average Bonchev–Trinajstić information content (AvgIpc) is 3.40. The van der Waals surface area contributed by atoms with E-state index < -0.39 is 0 Å². The summed E-state index contributed by atoms with van der Waals surface area (Å²) in [6, 6.07) is 16.7. The van der Waals surface area contributed by atoms with Gasteiger partial charge in [0.2, 0.25) is 5.91 Å². The first kappa shape index (κ1) is 20.6. The van der Waals surface area contributed by atoms with Crippen LogP contribution in [-0.2, 0) is 11.3 Å². The van der Waals surface area contributed by atoms with Crippen molar-refractivity contribution in [3.63, 3.8) is 0 Å². The maximum Gasteiger partial charge on any atom is 0.233 e. The first-order valence-corrected chi connectivity index (χ1v) is 11.2. The van der Waals surface area contributed by atoms with Crippen LogP contribution in [0, 0.1) is 5.82 Å². The third kappa shape index (κ3) is 4.73. The molecule has 0 unspecified atom stereocenters. The molecule has 1 saturated carbocycles. The molecule has 0 bridgehead atoms. The predicted octanol–water partition coefficient (Wildman–Crippen LogP) is 4.67. The summed E-state index contributed by atoms with van der Waals surface area (Å²) < 4.78 is 16.4. The number of nitrogens with zero attached hydrogens (tertiary/aromatic N) is 3. The molecule has 0 aliphatic heterocycles. The lowest BCUT2D eigenvalue weighted by molar-refractivity contribution is -0.120. The van der Waals surface area contributed by atoms with Crippen molar-refractivity contribution in [3.8, 4) is 11.4 Å². The molecule has 0 radical (unpaired) electrons. The zero-order chi connectivity index (χ0) is 20.9. The molecule has 1 aliphatic carbocycles. The molecule has 7 heteroatoms. The van der Waals surface area contributed by atoms with Crippen molar-refractivity contribution >= 4 is 17.7 Å². The number of halogens is 1. The summed E-state index contributed by atoms with van der Waals surface area (Å²) >= 11 is 1.36. The van der Waals surface area contributed by atoms with Crippen LogP contribution in [0.2, 0.25) is 0 Å². The van der Waals surface area contributed by atoms with Gasteiger partial charge in [0.1, 0.15) is 5.82 Å². The highest BCUT2D eigenvalue weighted by atomic mass is 32.2. The summed E-state index contributed by atoms with van der Waals surface area (Å²) in [7, 11) is 0. The van der Waals surface area contributed by atoms with Crippen molar-refractivity contribution in [1.82, 2.24) is 20.1 Å². The molecular formula is C23H25FN4OS. The van der Waals surface area contributed by atoms with Crippen molar-refractivity contribution < 1.29 is 9.18 Å². The third-order valence-corrected chi connectivity index (χ3v) is 6.45. The van der Waals surface area contributed by atoms with Crippen molar-refractivity contribution in [2.24, 2.45) is 0 Å². The van der Waals surface area contributed by atoms with Crippen LogP contribution in [0.3, 0.4) is 0 Å². The van der Waals surface area contributed by atoms with Crippen LogP contribution in [0.15, 0.2) is 59.8 Å². The number of carbonyl (C=O) groups is 1. The number of carbonyl (C=O) groups excluding carboxylic acids is 1. The van der Waals surface area contributed by atoms with Gasteiger partial charge < -0.3 is 5.32 Å². The molecule has 2 aromatic carbocycles. The van der Waals surface area contributed by atoms with Crippen LogP contribution >= 0.6 is 11.8 Å². The Morgan fingerprint density at radius 3 is 2.57 bits per heavy atom. The van der Waals surface area contributed by atoms with E-state index in [-0.39, 0.29) is 23.0 Å². The lowest BCUT2D eigenvalue weighted by Crippen LogP contribution is -2.37. The quantitative estimate of drug-likeness (QED) is 0.560. The van der Waals surface area contributed by atoms with Gasteiger partial charge in [-0.15, -0.1) is 10.2 Å². The molecule has 1 aromatic heterocycles. The molecule has 1 fully saturated rings. The van der Waals surface area contributed by atoms with Crippen LogP contribution in [0.4, 0.5) is 4.39 Å². The fraction of sp³-hybridized carbons (Fsp3) is 0.348. The van der Waals surface area contributed by atoms with E-state index >= 15 is 0 Å². The molecule has 0 saturated heterocycles. The van der Waals surface area contributed by atoms with Gasteiger partial charge in [0, 0.05) is 6.04 Å². The SMILES string of the molecule is C[C@H](Sc1nnc(-c2ccccc2F)n1Cc1ccccc1)C(=O)NC1CCCC1. The van der Waals surface area contributed by atoms with Crippen LogP contribution in [0.5, 0.6) is 0 Å². The van der Waals surface area contributed by atoms with Gasteiger partial charge in [-0.05, 0) is 37.5 Å². The second-order valence-electron chi connectivity index (χ2n) is 7.61. The van der Waals surface area contributed by atoms with Crippen LogP contribution in [0.1, 0.15) is 38.2 Å². The van der Waals surface area contributed by atoms with E-state index in [4.69, 9.17) is 0 Å². The molecule has 1 aliphatic rings. The first-order valence-electron chi connectivity index (χ1n) is 10.3. The van der Waals surface area contributed by atoms with Crippen molar-refractivity contribution in [3.05, 3.63) is 66.0 Å². The predicted molar refractivity (Wildman–Crippen MR) is 117 cm³/mol. The van der Waals surface area contributed by atoms with E-state index in [0.717, 1.165) is 18.4 Å². The van der Waals surface area contributed by atoms with E-state index in [1.165, 1.54) is 30.7 Å². The molecular weight excluding hydrogens is 399 g/mol. The highest BCUT2D eigenvalue weighted by molar-refractivity contribution is 8.00. The van der Waals surface area contributed by atoms with Crippen LogP contribution in [-0.4, -0.2) is 32.0 Å². The van der Waals surface area contributed by atoms with Gasteiger partial charge in [-0.3, -0.25) is 9.36 Å². The van der Waals surface area contributed by atoms with Crippen LogP contribution in [0.25, 0.3) is 11.4 Å². The summed E-state index contributed by atoms with van der Waals surface area (Å²) in [5.74, 6) is 0.124. The molecule has 1 N–H and O–H groups in total. The maximum absolute atomic E-state index is 14.5. The number of rotatable bonds is 7. The summed E-state index contributed by atoms with van der Waals surface area (Å²) in [5, 5.41) is 12.0. The molecule has 5 nitrogen and oxygen atoms in total. The van der Waals surface area contributed by atoms with E-state index in [1.807, 2.05) is 41.8 Å². The topological polar surface area (TPSA) is 59.8 Å². The molecule has 156 valence electrons. The Hall–Kier alpha value is -2.67. The largest absolute Gasteiger partial charge is 0.352 e. The third-order valence-electron chi connectivity index (χ3n) is 5.37. The molecule has 1 atom stereocenters. The molecule has 30 heavy (non-hydrogen) atoms. The van der Waals surface area contributed by atoms with Crippen molar-refractivity contribution in [2.45, 2.75) is 55.6 Å². The van der Waals surface area contributed by atoms with Gasteiger partial charge >= 0.3 is 0 Å². The Morgan fingerprint density at radius 1 is 1.13 bits per heavy atom. The van der Waals surface area contributed by atoms with Gasteiger partial charge in [0.05, 0.1) is 17.4 Å². The van der Waals surface area contributed by atoms with E-state index in [0.29, 0.717) is 23.1 Å². The lowest BCUT2D eigenvalue weighted by Gasteiger charge is -2.17. The number of hydrogen-bond donors (Lipinski definition) is 1. The number of hydrogen-bond acceptors (Lipinski definition) is 4. The Morgan fingerprint density at radius 2 is 1.83 bits per heavy atom. The summed E-state index contributed by atoms with van der Waals surface area (Å²) in [4.78, 5) is 12.7. The number of amides is 1. The minimum atomic E-state index is -0.345. The number of nitrogens with one attached hydrogen (secondary N) is 1. The lowest BCUT2D eigenvalue weighted by atomic mass is 10.2. The highest BCUT2D eigenvalue weighted by Crippen LogP contribution is 2.29. The van der Waals surface area contributed by atoms with E-state index in [2.05, 4.69) is 15.5 Å². The standard InChI is InChI=1S/C23H25FN4OS/c1-16(22(29)25-18-11-5-6-12-18)30-23-27-26-21(19-13-7-8-14-20(19)24)28(23)15-17-9-3-2-4-10-17/h2-4,7-10,13-14,16,18H,5-6,11-12,15H2,1H3,(H,25,29)/t16-/m0/s1. The minimum absolute atomic E-state index is 0.00797. The number of benzene rings is 2. The Kier molecular flexibility index (Phi) is 6.47. The fourth-order valence-electron chi connectivity index (χ4n) is 3.73. The van der Waals surface area contributed by atoms with E-state index in [9.17, 15) is 9.18 Å². The van der Waals surface area contributed by atoms with Gasteiger partial charge in [0.25, 0.3) is 0 Å². The highest BCUT2D eigenvalue weighted by Gasteiger charge is 2.24. The Labute approximate surface area is 180 Å². The first-order chi connectivity index (χ1) is 14.6. The smallest absolute Gasteiger partial charge is 0.233 e. The normalized spacial score (nSPS) is 15.3. The number of thioether (sulfide) groups is 1. The molecule has 3 aromatic rings. The Bertz CT molecular complexity index is 1000. The van der Waals surface area contributed by atoms with Gasteiger partial charge in [-0.25, -0.2) is 4.39 Å². The maximum atomic E-state index is 14.5. The van der Waals surface area contributed by atoms with E-state index in [1.54, 1.807) is 18.2 Å². The van der Waals surface area contributed by atoms with Gasteiger partial charge in [0.15, 0.2) is 11.0 Å². The second kappa shape index (κ2) is 9.43. The van der Waals surface area contributed by atoms with Gasteiger partial charge in [-0.1, -0.05) is 67.1 Å². The monoisotopic (exact) mass is 424 g/mol.